The van der Waals surface area contributed by atoms with E-state index >= 15 is 0 Å². The van der Waals surface area contributed by atoms with E-state index < -0.39 is 17.2 Å². The Morgan fingerprint density at radius 2 is 2.19 bits per heavy atom. The van der Waals surface area contributed by atoms with Gasteiger partial charge in [0, 0.05) is 11.0 Å². The number of halogens is 2. The second-order valence-corrected chi connectivity index (χ2v) is 5.08. The molecule has 16 heavy (non-hydrogen) atoms. The van der Waals surface area contributed by atoms with Crippen LogP contribution >= 0.6 is 15.9 Å². The van der Waals surface area contributed by atoms with Crippen molar-refractivity contribution in [3.63, 3.8) is 0 Å². The fourth-order valence-corrected chi connectivity index (χ4v) is 1.36. The van der Waals surface area contributed by atoms with E-state index in [1.807, 2.05) is 0 Å². The molecule has 0 saturated heterocycles. The first-order chi connectivity index (χ1) is 7.33. The highest BCUT2D eigenvalue weighted by atomic mass is 79.9. The number of rotatable bonds is 4. The summed E-state index contributed by atoms with van der Waals surface area (Å²) in [6, 6.07) is 4.59. The summed E-state index contributed by atoms with van der Waals surface area (Å²) >= 11 is 3.15. The molecule has 5 heteroatoms. The normalized spacial score (nSPS) is 11.2. The summed E-state index contributed by atoms with van der Waals surface area (Å²) in [4.78, 5) is 10.8. The van der Waals surface area contributed by atoms with Gasteiger partial charge in [0.2, 0.25) is 0 Å². The van der Waals surface area contributed by atoms with E-state index in [9.17, 15) is 9.18 Å². The molecule has 3 nitrogen and oxygen atoms in total. The topological polar surface area (TPSA) is 49.3 Å². The summed E-state index contributed by atoms with van der Waals surface area (Å²) in [6.07, 6.45) is 0. The molecule has 0 saturated carbocycles. The Morgan fingerprint density at radius 3 is 2.69 bits per heavy atom. The molecule has 0 atom stereocenters. The van der Waals surface area contributed by atoms with E-state index in [1.54, 1.807) is 26.0 Å². The Kier molecular flexibility index (Phi) is 3.91. The van der Waals surface area contributed by atoms with Crippen molar-refractivity contribution in [3.05, 3.63) is 28.5 Å². The largest absolute Gasteiger partial charge is 0.481 e. The predicted octanol–water partition coefficient (Wildman–Crippen LogP) is 3.11. The minimum absolute atomic E-state index is 0.168. The summed E-state index contributed by atoms with van der Waals surface area (Å²) < 4.78 is 14.0. The second-order valence-electron chi connectivity index (χ2n) is 4.17. The number of carboxylic acid groups (broad SMARTS) is 1. The average Bonchev–Trinajstić information content (AvgIpc) is 2.16. The van der Waals surface area contributed by atoms with Gasteiger partial charge in [-0.15, -0.1) is 0 Å². The molecule has 0 heterocycles. The van der Waals surface area contributed by atoms with Gasteiger partial charge in [0.25, 0.3) is 0 Å². The van der Waals surface area contributed by atoms with Crippen molar-refractivity contribution in [1.82, 2.24) is 0 Å². The maximum atomic E-state index is 13.4. The van der Waals surface area contributed by atoms with Crippen molar-refractivity contribution >= 4 is 27.6 Å². The summed E-state index contributed by atoms with van der Waals surface area (Å²) in [5.41, 5.74) is -0.628. The molecule has 0 fully saturated rings. The first-order valence-electron chi connectivity index (χ1n) is 4.75. The average molecular weight is 290 g/mol. The molecule has 0 bridgehead atoms. The molecule has 0 radical (unpaired) electrons. The highest BCUT2D eigenvalue weighted by molar-refractivity contribution is 9.10. The quantitative estimate of drug-likeness (QED) is 0.895. The van der Waals surface area contributed by atoms with Crippen molar-refractivity contribution in [2.75, 3.05) is 11.9 Å². The minimum Gasteiger partial charge on any atom is -0.481 e. The molecule has 0 unspecified atom stereocenters. The van der Waals surface area contributed by atoms with Gasteiger partial charge in [-0.25, -0.2) is 4.39 Å². The molecule has 88 valence electrons. The van der Waals surface area contributed by atoms with E-state index in [2.05, 4.69) is 21.2 Å². The van der Waals surface area contributed by atoms with Crippen LogP contribution in [0.15, 0.2) is 22.7 Å². The lowest BCUT2D eigenvalue weighted by molar-refractivity contribution is -0.146. The second kappa shape index (κ2) is 4.82. The summed E-state index contributed by atoms with van der Waals surface area (Å²) in [5.74, 6) is -1.33. The molecule has 0 spiro atoms. The SMILES string of the molecule is CC(C)(CNc1ccc(Br)cc1F)C(=O)O. The fourth-order valence-electron chi connectivity index (χ4n) is 1.02. The Labute approximate surface area is 102 Å². The number of hydrogen-bond donors (Lipinski definition) is 2. The number of aliphatic carboxylic acids is 1. The zero-order valence-corrected chi connectivity index (χ0v) is 10.6. The zero-order valence-electron chi connectivity index (χ0n) is 9.05. The van der Waals surface area contributed by atoms with E-state index in [0.717, 1.165) is 0 Å². The Balaban J connectivity index is 2.72. The molecule has 1 rings (SSSR count). The first kappa shape index (κ1) is 13.0. The zero-order chi connectivity index (χ0) is 12.3. The van der Waals surface area contributed by atoms with Crippen LogP contribution in [0.25, 0.3) is 0 Å². The van der Waals surface area contributed by atoms with Crippen molar-refractivity contribution in [2.45, 2.75) is 13.8 Å². The van der Waals surface area contributed by atoms with Crippen LogP contribution in [0.1, 0.15) is 13.8 Å². The number of anilines is 1. The monoisotopic (exact) mass is 289 g/mol. The predicted molar refractivity (Wildman–Crippen MR) is 64.0 cm³/mol. The molecular weight excluding hydrogens is 277 g/mol. The lowest BCUT2D eigenvalue weighted by atomic mass is 9.94. The van der Waals surface area contributed by atoms with Gasteiger partial charge in [0.15, 0.2) is 0 Å². The molecule has 0 aromatic heterocycles. The van der Waals surface area contributed by atoms with Crippen LogP contribution in [0.2, 0.25) is 0 Å². The van der Waals surface area contributed by atoms with Gasteiger partial charge in [0.05, 0.1) is 11.1 Å². The summed E-state index contributed by atoms with van der Waals surface area (Å²) in [7, 11) is 0. The fraction of sp³-hybridized carbons (Fsp3) is 0.364. The molecule has 1 aromatic rings. The van der Waals surface area contributed by atoms with Crippen LogP contribution in [-0.4, -0.2) is 17.6 Å². The molecule has 0 aliphatic heterocycles. The van der Waals surface area contributed by atoms with Crippen molar-refractivity contribution in [3.8, 4) is 0 Å². The molecule has 0 aliphatic carbocycles. The number of benzene rings is 1. The van der Waals surface area contributed by atoms with Crippen molar-refractivity contribution in [1.29, 1.82) is 0 Å². The van der Waals surface area contributed by atoms with Gasteiger partial charge >= 0.3 is 5.97 Å². The van der Waals surface area contributed by atoms with Gasteiger partial charge in [-0.1, -0.05) is 15.9 Å². The van der Waals surface area contributed by atoms with Crippen LogP contribution < -0.4 is 5.32 Å². The van der Waals surface area contributed by atoms with Crippen molar-refractivity contribution in [2.24, 2.45) is 5.41 Å². The van der Waals surface area contributed by atoms with Crippen LogP contribution in [-0.2, 0) is 4.79 Å². The van der Waals surface area contributed by atoms with Crippen molar-refractivity contribution < 1.29 is 14.3 Å². The third-order valence-electron chi connectivity index (χ3n) is 2.23. The number of hydrogen-bond acceptors (Lipinski definition) is 2. The molecule has 2 N–H and O–H groups in total. The number of nitrogens with one attached hydrogen (secondary N) is 1. The summed E-state index contributed by atoms with van der Waals surface area (Å²) in [5, 5.41) is 11.7. The highest BCUT2D eigenvalue weighted by Crippen LogP contribution is 2.22. The Bertz CT molecular complexity index is 407. The van der Waals surface area contributed by atoms with Gasteiger partial charge in [-0.2, -0.15) is 0 Å². The third kappa shape index (κ3) is 3.20. The maximum Gasteiger partial charge on any atom is 0.310 e. The standard InChI is InChI=1S/C11H13BrFNO2/c1-11(2,10(15)16)6-14-9-4-3-7(12)5-8(9)13/h3-5,14H,6H2,1-2H3,(H,15,16). The maximum absolute atomic E-state index is 13.4. The van der Waals surface area contributed by atoms with E-state index in [-0.39, 0.29) is 6.54 Å². The molecular formula is C11H13BrFNO2. The molecule has 0 aliphatic rings. The van der Waals surface area contributed by atoms with Crippen LogP contribution in [0.5, 0.6) is 0 Å². The number of carbonyl (C=O) groups is 1. The van der Waals surface area contributed by atoms with E-state index in [0.29, 0.717) is 10.2 Å². The summed E-state index contributed by atoms with van der Waals surface area (Å²) in [6.45, 7) is 3.33. The van der Waals surface area contributed by atoms with E-state index in [4.69, 9.17) is 5.11 Å². The highest BCUT2D eigenvalue weighted by Gasteiger charge is 2.26. The minimum atomic E-state index is -0.931. The van der Waals surface area contributed by atoms with Gasteiger partial charge in [-0.05, 0) is 32.0 Å². The molecule has 1 aromatic carbocycles. The lowest BCUT2D eigenvalue weighted by Crippen LogP contribution is -2.31. The Morgan fingerprint density at radius 1 is 1.56 bits per heavy atom. The van der Waals surface area contributed by atoms with Gasteiger partial charge in [-0.3, -0.25) is 4.79 Å². The van der Waals surface area contributed by atoms with Crippen LogP contribution in [0, 0.1) is 11.2 Å². The van der Waals surface area contributed by atoms with Gasteiger partial charge < -0.3 is 10.4 Å². The third-order valence-corrected chi connectivity index (χ3v) is 2.72. The molecule has 0 amide bonds. The Hall–Kier alpha value is -1.10. The smallest absolute Gasteiger partial charge is 0.310 e. The van der Waals surface area contributed by atoms with Gasteiger partial charge in [0.1, 0.15) is 5.82 Å². The lowest BCUT2D eigenvalue weighted by Gasteiger charge is -2.20. The first-order valence-corrected chi connectivity index (χ1v) is 5.54. The van der Waals surface area contributed by atoms with Crippen LogP contribution in [0.4, 0.5) is 10.1 Å². The number of carboxylic acids is 1. The van der Waals surface area contributed by atoms with Crippen LogP contribution in [0.3, 0.4) is 0 Å². The van der Waals surface area contributed by atoms with E-state index in [1.165, 1.54) is 6.07 Å².